The molecule has 3 N–H and O–H groups in total. The minimum Gasteiger partial charge on any atom is -0.478 e. The number of hydrogen-bond acceptors (Lipinski definition) is 5. The van der Waals surface area contributed by atoms with E-state index in [2.05, 4.69) is 4.98 Å². The summed E-state index contributed by atoms with van der Waals surface area (Å²) in [6.07, 6.45) is 1.95. The van der Waals surface area contributed by atoms with Gasteiger partial charge in [-0.05, 0) is 31.8 Å². The molecule has 0 aromatic carbocycles. The molecule has 1 heterocycles. The second-order valence-electron chi connectivity index (χ2n) is 5.54. The predicted molar refractivity (Wildman–Crippen MR) is 79.2 cm³/mol. The van der Waals surface area contributed by atoms with Crippen LogP contribution in [-0.2, 0) is 21.2 Å². The summed E-state index contributed by atoms with van der Waals surface area (Å²) in [5.74, 6) is -1.20. The van der Waals surface area contributed by atoms with Crippen LogP contribution in [-0.4, -0.2) is 33.7 Å². The number of hydrogen-bond donors (Lipinski definition) is 2. The van der Waals surface area contributed by atoms with E-state index in [1.165, 1.54) is 6.08 Å². The van der Waals surface area contributed by atoms with E-state index in [9.17, 15) is 13.2 Å². The number of nitrogens with two attached hydrogens (primary N) is 1. The largest absolute Gasteiger partial charge is 0.478 e. The maximum absolute atomic E-state index is 12.6. The molecule has 0 spiro atoms. The van der Waals surface area contributed by atoms with Gasteiger partial charge in [0.2, 0.25) is 16.0 Å². The molecule has 0 fully saturated rings. The van der Waals surface area contributed by atoms with Crippen LogP contribution in [0.3, 0.4) is 0 Å². The molecule has 1 unspecified atom stereocenters. The number of nitrogens with zero attached hydrogens (tertiary/aromatic N) is 2. The number of aromatic nitrogens is 2. The standard InChI is InChI=1S/C13H19N3O4S/c1-7(2)8(3)21(19,20)16-11-5-4-9(12(17)18)6-10(11)15-13(16)14/h6-8H,4-5H2,1-3H3,(H2,14,15)(H,17,18). The normalized spacial score (nSPS) is 16.5. The van der Waals surface area contributed by atoms with Crippen molar-refractivity contribution in [2.24, 2.45) is 5.92 Å². The number of fused-ring (bicyclic) bond motifs is 1. The van der Waals surface area contributed by atoms with Crippen LogP contribution in [0.2, 0.25) is 0 Å². The van der Waals surface area contributed by atoms with Gasteiger partial charge >= 0.3 is 5.97 Å². The lowest BCUT2D eigenvalue weighted by Gasteiger charge is -2.20. The van der Waals surface area contributed by atoms with Crippen molar-refractivity contribution in [3.8, 4) is 0 Å². The molecule has 1 aromatic heterocycles. The van der Waals surface area contributed by atoms with E-state index in [4.69, 9.17) is 10.8 Å². The van der Waals surface area contributed by atoms with E-state index in [1.807, 2.05) is 13.8 Å². The molecule has 0 amide bonds. The fourth-order valence-corrected chi connectivity index (χ4v) is 4.09. The summed E-state index contributed by atoms with van der Waals surface area (Å²) in [6.45, 7) is 5.28. The summed E-state index contributed by atoms with van der Waals surface area (Å²) in [5.41, 5.74) is 6.76. The third-order valence-corrected chi connectivity index (χ3v) is 6.26. The highest BCUT2D eigenvalue weighted by molar-refractivity contribution is 7.90. The second-order valence-corrected chi connectivity index (χ2v) is 7.67. The molecule has 0 radical (unpaired) electrons. The van der Waals surface area contributed by atoms with Crippen LogP contribution >= 0.6 is 0 Å². The Morgan fingerprint density at radius 1 is 1.38 bits per heavy atom. The molecule has 0 bridgehead atoms. The topological polar surface area (TPSA) is 115 Å². The van der Waals surface area contributed by atoms with Crippen LogP contribution < -0.4 is 5.73 Å². The molecule has 116 valence electrons. The Balaban J connectivity index is 2.58. The maximum atomic E-state index is 12.6. The summed E-state index contributed by atoms with van der Waals surface area (Å²) in [7, 11) is -3.65. The van der Waals surface area contributed by atoms with E-state index >= 15 is 0 Å². The van der Waals surface area contributed by atoms with Gasteiger partial charge in [-0.15, -0.1) is 0 Å². The first-order chi connectivity index (χ1) is 9.66. The molecular weight excluding hydrogens is 294 g/mol. The molecule has 0 saturated carbocycles. The maximum Gasteiger partial charge on any atom is 0.331 e. The summed E-state index contributed by atoms with van der Waals surface area (Å²) >= 11 is 0. The van der Waals surface area contributed by atoms with Crippen molar-refractivity contribution in [3.63, 3.8) is 0 Å². The Kier molecular flexibility index (Phi) is 3.83. The van der Waals surface area contributed by atoms with Crippen molar-refractivity contribution >= 4 is 28.0 Å². The number of imidazole rings is 1. The van der Waals surface area contributed by atoms with E-state index in [0.29, 0.717) is 17.8 Å². The van der Waals surface area contributed by atoms with E-state index in [1.54, 1.807) is 6.92 Å². The van der Waals surface area contributed by atoms with Crippen molar-refractivity contribution in [1.82, 2.24) is 8.96 Å². The summed E-state index contributed by atoms with van der Waals surface area (Å²) < 4.78 is 26.4. The van der Waals surface area contributed by atoms with Gasteiger partial charge in [0.1, 0.15) is 0 Å². The van der Waals surface area contributed by atoms with Gasteiger partial charge in [0, 0.05) is 5.57 Å². The van der Waals surface area contributed by atoms with Crippen molar-refractivity contribution in [3.05, 3.63) is 17.0 Å². The first kappa shape index (κ1) is 15.6. The highest BCUT2D eigenvalue weighted by Crippen LogP contribution is 2.29. The van der Waals surface area contributed by atoms with E-state index in [-0.39, 0.29) is 23.9 Å². The minimum atomic E-state index is -3.65. The lowest BCUT2D eigenvalue weighted by Crippen LogP contribution is -2.31. The molecule has 2 rings (SSSR count). The Hall–Kier alpha value is -1.83. The lowest BCUT2D eigenvalue weighted by atomic mass is 10.0. The van der Waals surface area contributed by atoms with Crippen LogP contribution in [0.1, 0.15) is 38.6 Å². The first-order valence-corrected chi connectivity index (χ1v) is 8.22. The van der Waals surface area contributed by atoms with Gasteiger partial charge in [0.15, 0.2) is 0 Å². The van der Waals surface area contributed by atoms with E-state index < -0.39 is 21.2 Å². The van der Waals surface area contributed by atoms with Gasteiger partial charge < -0.3 is 10.8 Å². The quantitative estimate of drug-likeness (QED) is 0.860. The number of carbonyl (C=O) groups is 1. The summed E-state index contributed by atoms with van der Waals surface area (Å²) in [4.78, 5) is 15.0. The van der Waals surface area contributed by atoms with Crippen molar-refractivity contribution in [2.75, 3.05) is 5.73 Å². The fraction of sp³-hybridized carbons (Fsp3) is 0.538. The van der Waals surface area contributed by atoms with Gasteiger partial charge in [0.05, 0.1) is 16.6 Å². The average molecular weight is 313 g/mol. The number of anilines is 1. The van der Waals surface area contributed by atoms with Crippen LogP contribution in [0.25, 0.3) is 6.08 Å². The molecular formula is C13H19N3O4S. The van der Waals surface area contributed by atoms with Gasteiger partial charge in [-0.2, -0.15) is 0 Å². The zero-order valence-electron chi connectivity index (χ0n) is 12.2. The molecule has 1 aromatic rings. The molecule has 1 atom stereocenters. The lowest BCUT2D eigenvalue weighted by molar-refractivity contribution is -0.132. The Labute approximate surface area is 123 Å². The second kappa shape index (κ2) is 5.18. The van der Waals surface area contributed by atoms with Crippen LogP contribution in [0.5, 0.6) is 0 Å². The minimum absolute atomic E-state index is 0.0684. The summed E-state index contributed by atoms with van der Waals surface area (Å²) in [5, 5.41) is 8.40. The van der Waals surface area contributed by atoms with Crippen LogP contribution in [0.15, 0.2) is 5.57 Å². The molecule has 1 aliphatic rings. The molecule has 8 heteroatoms. The third-order valence-electron chi connectivity index (χ3n) is 3.86. The molecule has 0 aliphatic heterocycles. The van der Waals surface area contributed by atoms with Crippen LogP contribution in [0.4, 0.5) is 5.95 Å². The van der Waals surface area contributed by atoms with Gasteiger partial charge in [-0.3, -0.25) is 0 Å². The molecule has 0 saturated heterocycles. The number of aliphatic carboxylic acids is 1. The number of rotatable bonds is 4. The number of carboxylic acid groups (broad SMARTS) is 1. The third kappa shape index (κ3) is 2.55. The first-order valence-electron chi connectivity index (χ1n) is 6.71. The monoisotopic (exact) mass is 313 g/mol. The number of nitrogen functional groups attached to an aromatic ring is 1. The molecule has 7 nitrogen and oxygen atoms in total. The predicted octanol–water partition coefficient (Wildman–Crippen LogP) is 1.10. The highest BCUT2D eigenvalue weighted by Gasteiger charge is 2.32. The Morgan fingerprint density at radius 3 is 2.52 bits per heavy atom. The molecule has 21 heavy (non-hydrogen) atoms. The van der Waals surface area contributed by atoms with Crippen molar-refractivity contribution < 1.29 is 18.3 Å². The van der Waals surface area contributed by atoms with Crippen molar-refractivity contribution in [1.29, 1.82) is 0 Å². The van der Waals surface area contributed by atoms with Crippen molar-refractivity contribution in [2.45, 2.75) is 38.9 Å². The Bertz CT molecular complexity index is 716. The van der Waals surface area contributed by atoms with E-state index in [0.717, 1.165) is 3.97 Å². The van der Waals surface area contributed by atoms with Gasteiger partial charge in [-0.25, -0.2) is 22.2 Å². The van der Waals surface area contributed by atoms with Crippen LogP contribution in [0, 0.1) is 5.92 Å². The summed E-state index contributed by atoms with van der Waals surface area (Å²) in [6, 6.07) is 0. The number of carboxylic acids is 1. The Morgan fingerprint density at radius 2 is 2.00 bits per heavy atom. The fourth-order valence-electron chi connectivity index (χ4n) is 2.27. The van der Waals surface area contributed by atoms with Gasteiger partial charge in [-0.1, -0.05) is 13.8 Å². The zero-order valence-corrected chi connectivity index (χ0v) is 13.0. The smallest absolute Gasteiger partial charge is 0.331 e. The molecule has 1 aliphatic carbocycles. The SMILES string of the molecule is CC(C)C(C)S(=O)(=O)n1c(N)nc2c1CCC(C(=O)O)=C2. The zero-order chi connectivity index (χ0) is 15.9. The highest BCUT2D eigenvalue weighted by atomic mass is 32.2. The van der Waals surface area contributed by atoms with Gasteiger partial charge in [0.25, 0.3) is 0 Å². The average Bonchev–Trinajstić information content (AvgIpc) is 2.72.